The SMILES string of the molecule is COC(=O)N[C@H](C(=O)N1CCC[C@H]1c1ncc(-c2ccc3cc(-c4ccc(-c5cnc([C@@H]6CCCN6C(=O)OCc6ccccc6)[nH]5)cc4)ccc3c2)[nH]1)C(C)C. The summed E-state index contributed by atoms with van der Waals surface area (Å²) in [5.74, 6) is 1.28. The normalized spacial score (nSPS) is 17.3. The Kier molecular flexibility index (Phi) is 10.8. The van der Waals surface area contributed by atoms with Crippen molar-refractivity contribution in [2.75, 3.05) is 20.2 Å². The maximum atomic E-state index is 13.6. The largest absolute Gasteiger partial charge is 0.453 e. The fraction of sp³-hybridized carbons (Fsp3) is 0.311. The number of H-pyrrole nitrogens is 2. The Morgan fingerprint density at radius 3 is 1.95 bits per heavy atom. The van der Waals surface area contributed by atoms with Crippen molar-refractivity contribution in [3.63, 3.8) is 0 Å². The number of carbonyl (C=O) groups excluding carboxylic acids is 3. The van der Waals surface area contributed by atoms with Crippen LogP contribution in [-0.4, -0.2) is 74.1 Å². The van der Waals surface area contributed by atoms with Gasteiger partial charge in [0.1, 0.15) is 24.3 Å². The van der Waals surface area contributed by atoms with E-state index in [0.29, 0.717) is 13.1 Å². The molecular weight excluding hydrogens is 719 g/mol. The summed E-state index contributed by atoms with van der Waals surface area (Å²) >= 11 is 0. The third kappa shape index (κ3) is 7.98. The molecule has 3 N–H and O–H groups in total. The van der Waals surface area contributed by atoms with Crippen molar-refractivity contribution in [1.82, 2.24) is 35.1 Å². The van der Waals surface area contributed by atoms with Crippen molar-refractivity contribution < 1.29 is 23.9 Å². The molecule has 3 atom stereocenters. The molecule has 12 heteroatoms. The van der Waals surface area contributed by atoms with Crippen molar-refractivity contribution >= 4 is 28.9 Å². The maximum Gasteiger partial charge on any atom is 0.410 e. The number of imidazole rings is 2. The Morgan fingerprint density at radius 1 is 0.737 bits per heavy atom. The number of alkyl carbamates (subject to hydrolysis) is 1. The predicted octanol–water partition coefficient (Wildman–Crippen LogP) is 8.80. The molecule has 2 aromatic heterocycles. The number of fused-ring (bicyclic) bond motifs is 1. The minimum Gasteiger partial charge on any atom is -0.453 e. The first-order valence-corrected chi connectivity index (χ1v) is 19.6. The number of nitrogens with one attached hydrogen (secondary N) is 3. The second-order valence-electron chi connectivity index (χ2n) is 15.2. The third-order valence-corrected chi connectivity index (χ3v) is 11.1. The number of nitrogens with zero attached hydrogens (tertiary/aromatic N) is 4. The first-order valence-electron chi connectivity index (χ1n) is 19.6. The molecule has 0 radical (unpaired) electrons. The number of amides is 3. The third-order valence-electron chi connectivity index (χ3n) is 11.1. The summed E-state index contributed by atoms with van der Waals surface area (Å²) in [6.45, 7) is 5.31. The molecule has 0 saturated carbocycles. The van der Waals surface area contributed by atoms with Crippen molar-refractivity contribution in [1.29, 1.82) is 0 Å². The number of rotatable bonds is 10. The maximum absolute atomic E-state index is 13.6. The van der Waals surface area contributed by atoms with Crippen LogP contribution >= 0.6 is 0 Å². The number of likely N-dealkylation sites (tertiary alicyclic amines) is 2. The van der Waals surface area contributed by atoms with Gasteiger partial charge in [-0.05, 0) is 76.8 Å². The van der Waals surface area contributed by atoms with Gasteiger partial charge in [0.05, 0.1) is 43.0 Å². The minimum absolute atomic E-state index is 0.0984. The number of benzene rings is 4. The molecule has 2 aliphatic rings. The topological polar surface area (TPSA) is 146 Å². The molecule has 292 valence electrons. The summed E-state index contributed by atoms with van der Waals surface area (Å²) in [7, 11) is 1.30. The molecule has 0 unspecified atom stereocenters. The minimum atomic E-state index is -0.681. The van der Waals surface area contributed by atoms with Gasteiger partial charge in [0, 0.05) is 18.7 Å². The van der Waals surface area contributed by atoms with E-state index in [0.717, 1.165) is 87.3 Å². The average Bonchev–Trinajstić information content (AvgIpc) is 4.09. The number of hydrogen-bond donors (Lipinski definition) is 3. The Hall–Kier alpha value is -6.43. The van der Waals surface area contributed by atoms with Gasteiger partial charge in [0.25, 0.3) is 0 Å². The lowest BCUT2D eigenvalue weighted by molar-refractivity contribution is -0.135. The van der Waals surface area contributed by atoms with Crippen molar-refractivity contribution in [3.8, 4) is 33.6 Å². The number of ether oxygens (including phenoxy) is 2. The molecule has 0 aliphatic carbocycles. The van der Waals surface area contributed by atoms with E-state index in [1.807, 2.05) is 61.5 Å². The number of aromatic amines is 2. The van der Waals surface area contributed by atoms with Crippen LogP contribution in [0.5, 0.6) is 0 Å². The van der Waals surface area contributed by atoms with E-state index >= 15 is 0 Å². The lowest BCUT2D eigenvalue weighted by Gasteiger charge is -2.30. The van der Waals surface area contributed by atoms with Gasteiger partial charge >= 0.3 is 12.2 Å². The average molecular weight is 766 g/mol. The molecule has 8 rings (SSSR count). The van der Waals surface area contributed by atoms with Gasteiger partial charge in [0.15, 0.2) is 0 Å². The second kappa shape index (κ2) is 16.4. The second-order valence-corrected chi connectivity index (χ2v) is 15.2. The number of methoxy groups -OCH3 is 1. The summed E-state index contributed by atoms with van der Waals surface area (Å²) in [4.78, 5) is 58.5. The first kappa shape index (κ1) is 37.5. The van der Waals surface area contributed by atoms with Crippen LogP contribution in [0.4, 0.5) is 9.59 Å². The molecule has 3 amide bonds. The Bertz CT molecular complexity index is 2370. The molecule has 0 spiro atoms. The van der Waals surface area contributed by atoms with Gasteiger partial charge < -0.3 is 29.7 Å². The number of aromatic nitrogens is 4. The zero-order chi connectivity index (χ0) is 39.5. The van der Waals surface area contributed by atoms with Crippen LogP contribution in [0.1, 0.15) is 68.8 Å². The first-order chi connectivity index (χ1) is 27.7. The van der Waals surface area contributed by atoms with Crippen LogP contribution < -0.4 is 5.32 Å². The summed E-state index contributed by atoms with van der Waals surface area (Å²) in [5.41, 5.74) is 6.97. The highest BCUT2D eigenvalue weighted by Crippen LogP contribution is 2.35. The molecule has 2 aliphatic heterocycles. The van der Waals surface area contributed by atoms with Crippen molar-refractivity contribution in [3.05, 3.63) is 121 Å². The van der Waals surface area contributed by atoms with Crippen LogP contribution in [0.3, 0.4) is 0 Å². The summed E-state index contributed by atoms with van der Waals surface area (Å²) in [6.07, 6.45) is 6.10. The lowest BCUT2D eigenvalue weighted by Crippen LogP contribution is -2.51. The summed E-state index contributed by atoms with van der Waals surface area (Å²) in [5, 5.41) is 4.93. The van der Waals surface area contributed by atoms with Crippen molar-refractivity contribution in [2.24, 2.45) is 5.92 Å². The van der Waals surface area contributed by atoms with E-state index in [1.54, 1.807) is 4.90 Å². The van der Waals surface area contributed by atoms with Gasteiger partial charge in [-0.3, -0.25) is 9.69 Å². The van der Waals surface area contributed by atoms with Crippen LogP contribution in [0.15, 0.2) is 103 Å². The molecule has 2 saturated heterocycles. The van der Waals surface area contributed by atoms with Gasteiger partial charge in [-0.2, -0.15) is 0 Å². The summed E-state index contributed by atoms with van der Waals surface area (Å²) in [6, 6.07) is 29.9. The van der Waals surface area contributed by atoms with E-state index in [-0.39, 0.29) is 36.6 Å². The van der Waals surface area contributed by atoms with Crippen molar-refractivity contribution in [2.45, 2.75) is 64.3 Å². The van der Waals surface area contributed by atoms with E-state index in [9.17, 15) is 14.4 Å². The van der Waals surface area contributed by atoms with E-state index in [4.69, 9.17) is 14.5 Å². The van der Waals surface area contributed by atoms with Gasteiger partial charge in [-0.1, -0.05) is 92.7 Å². The molecule has 6 aromatic rings. The monoisotopic (exact) mass is 765 g/mol. The lowest BCUT2D eigenvalue weighted by atomic mass is 9.98. The standard InChI is InChI=1S/C45H47N7O5/c1-28(2)40(50-44(54)56-3)43(53)51-21-7-11-38(51)41-47-26-37(49-41)35-20-19-33-23-32(17-18-34(33)24-35)30-13-15-31(16-14-30)36-25-46-42(48-36)39-12-8-22-52(39)45(55)57-27-29-9-5-4-6-10-29/h4-6,9-10,13-20,23-26,28,38-40H,7-8,11-12,21-22,27H2,1-3H3,(H,46,48)(H,47,49)(H,50,54)/t38-,39-,40-/m0/s1. The molecule has 12 nitrogen and oxygen atoms in total. The quantitative estimate of drug-likeness (QED) is 0.126. The smallest absolute Gasteiger partial charge is 0.410 e. The van der Waals surface area contributed by atoms with Crippen LogP contribution in [0.2, 0.25) is 0 Å². The highest BCUT2D eigenvalue weighted by molar-refractivity contribution is 5.91. The molecule has 4 heterocycles. The van der Waals surface area contributed by atoms with Gasteiger partial charge in [-0.25, -0.2) is 19.6 Å². The van der Waals surface area contributed by atoms with E-state index < -0.39 is 12.1 Å². The molecular formula is C45H47N7O5. The zero-order valence-electron chi connectivity index (χ0n) is 32.4. The Morgan fingerprint density at radius 2 is 1.30 bits per heavy atom. The zero-order valence-corrected chi connectivity index (χ0v) is 32.4. The summed E-state index contributed by atoms with van der Waals surface area (Å²) < 4.78 is 10.4. The van der Waals surface area contributed by atoms with Crippen LogP contribution in [-0.2, 0) is 20.9 Å². The van der Waals surface area contributed by atoms with E-state index in [1.165, 1.54) is 7.11 Å². The predicted molar refractivity (Wildman–Crippen MR) is 218 cm³/mol. The Balaban J connectivity index is 0.924. The fourth-order valence-corrected chi connectivity index (χ4v) is 8.01. The van der Waals surface area contributed by atoms with E-state index in [2.05, 4.69) is 80.9 Å². The number of carbonyl (C=O) groups is 3. The Labute approximate surface area is 331 Å². The fourth-order valence-electron chi connectivity index (χ4n) is 8.01. The highest BCUT2D eigenvalue weighted by atomic mass is 16.6. The molecule has 0 bridgehead atoms. The number of hydrogen-bond acceptors (Lipinski definition) is 7. The van der Waals surface area contributed by atoms with Crippen LogP contribution in [0.25, 0.3) is 44.4 Å². The van der Waals surface area contributed by atoms with Gasteiger partial charge in [-0.15, -0.1) is 0 Å². The molecule has 2 fully saturated rings. The molecule has 4 aromatic carbocycles. The van der Waals surface area contributed by atoms with Crippen LogP contribution in [0, 0.1) is 5.92 Å². The molecule has 57 heavy (non-hydrogen) atoms. The highest BCUT2D eigenvalue weighted by Gasteiger charge is 2.38. The van der Waals surface area contributed by atoms with Gasteiger partial charge in [0.2, 0.25) is 5.91 Å².